The van der Waals surface area contributed by atoms with E-state index >= 15 is 0 Å². The molecule has 3 nitrogen and oxygen atoms in total. The summed E-state index contributed by atoms with van der Waals surface area (Å²) < 4.78 is 5.51. The molecule has 0 aliphatic carbocycles. The van der Waals surface area contributed by atoms with Gasteiger partial charge in [0, 0.05) is 11.2 Å². The van der Waals surface area contributed by atoms with Gasteiger partial charge in [-0.1, -0.05) is 11.6 Å². The van der Waals surface area contributed by atoms with E-state index in [-0.39, 0.29) is 5.69 Å². The van der Waals surface area contributed by atoms with Crippen LogP contribution in [0.15, 0.2) is 42.6 Å². The average molecular weight is 231 g/mol. The molecule has 0 saturated carbocycles. The van der Waals surface area contributed by atoms with E-state index < -0.39 is 0 Å². The molecule has 16 heavy (non-hydrogen) atoms. The van der Waals surface area contributed by atoms with E-state index in [0.29, 0.717) is 16.5 Å². The maximum Gasteiger partial charge on any atom is 0.183 e. The third-order valence-corrected chi connectivity index (χ3v) is 2.17. The van der Waals surface area contributed by atoms with Crippen LogP contribution in [0.25, 0.3) is 0 Å². The molecule has 0 radical (unpaired) electrons. The lowest BCUT2D eigenvalue weighted by atomic mass is 10.3. The average Bonchev–Trinajstić information content (AvgIpc) is 2.33. The Hall–Kier alpha value is -2.05. The van der Waals surface area contributed by atoms with Crippen LogP contribution in [0.4, 0.5) is 0 Å². The molecule has 1 aromatic heterocycles. The second-order valence-corrected chi connectivity index (χ2v) is 3.45. The molecule has 2 aromatic rings. The van der Waals surface area contributed by atoms with Crippen LogP contribution in [0, 0.1) is 11.3 Å². The number of halogens is 1. The van der Waals surface area contributed by atoms with Gasteiger partial charge in [-0.3, -0.25) is 0 Å². The van der Waals surface area contributed by atoms with Crippen molar-refractivity contribution in [3.05, 3.63) is 53.3 Å². The number of nitrogens with zero attached hydrogens (tertiary/aromatic N) is 2. The normalized spacial score (nSPS) is 9.50. The first-order chi connectivity index (χ1) is 7.79. The zero-order valence-electron chi connectivity index (χ0n) is 8.22. The Morgan fingerprint density at radius 2 is 1.94 bits per heavy atom. The molecule has 1 aromatic carbocycles. The van der Waals surface area contributed by atoms with E-state index in [1.165, 1.54) is 0 Å². The fourth-order valence-corrected chi connectivity index (χ4v) is 1.31. The summed E-state index contributed by atoms with van der Waals surface area (Å²) in [5, 5.41) is 9.46. The van der Waals surface area contributed by atoms with Gasteiger partial charge in [0.2, 0.25) is 0 Å². The number of nitriles is 1. The first kappa shape index (κ1) is 10.5. The Balaban J connectivity index is 2.27. The Bertz CT molecular complexity index is 531. The highest BCUT2D eigenvalue weighted by Crippen LogP contribution is 2.24. The molecule has 0 bridgehead atoms. The Kier molecular flexibility index (Phi) is 3.04. The number of hydrogen-bond donors (Lipinski definition) is 0. The van der Waals surface area contributed by atoms with Gasteiger partial charge in [0.05, 0.1) is 0 Å². The summed E-state index contributed by atoms with van der Waals surface area (Å²) in [6, 6.07) is 12.3. The van der Waals surface area contributed by atoms with Crippen LogP contribution < -0.4 is 4.74 Å². The van der Waals surface area contributed by atoms with Crippen LogP contribution >= 0.6 is 11.6 Å². The SMILES string of the molecule is N#Cc1ncccc1Oc1ccc(Cl)cc1. The van der Waals surface area contributed by atoms with E-state index in [2.05, 4.69) is 4.98 Å². The quantitative estimate of drug-likeness (QED) is 0.794. The van der Waals surface area contributed by atoms with Gasteiger partial charge in [0.1, 0.15) is 11.8 Å². The van der Waals surface area contributed by atoms with Crippen LogP contribution in [0.2, 0.25) is 5.02 Å². The molecule has 0 amide bonds. The Labute approximate surface area is 97.9 Å². The van der Waals surface area contributed by atoms with Gasteiger partial charge in [-0.05, 0) is 36.4 Å². The third kappa shape index (κ3) is 2.30. The second-order valence-electron chi connectivity index (χ2n) is 3.02. The Morgan fingerprint density at radius 1 is 1.19 bits per heavy atom. The van der Waals surface area contributed by atoms with E-state index in [0.717, 1.165) is 0 Å². The summed E-state index contributed by atoms with van der Waals surface area (Å²) in [4.78, 5) is 3.90. The molecular weight excluding hydrogens is 224 g/mol. The van der Waals surface area contributed by atoms with E-state index in [9.17, 15) is 0 Å². The molecule has 0 spiro atoms. The summed E-state index contributed by atoms with van der Waals surface area (Å²) >= 11 is 5.75. The molecule has 0 unspecified atom stereocenters. The van der Waals surface area contributed by atoms with Crippen molar-refractivity contribution < 1.29 is 4.74 Å². The Morgan fingerprint density at radius 3 is 2.62 bits per heavy atom. The minimum absolute atomic E-state index is 0.262. The number of hydrogen-bond acceptors (Lipinski definition) is 3. The molecule has 1 heterocycles. The van der Waals surface area contributed by atoms with Crippen molar-refractivity contribution in [2.24, 2.45) is 0 Å². The summed E-state index contributed by atoms with van der Waals surface area (Å²) in [6.45, 7) is 0. The van der Waals surface area contributed by atoms with Crippen molar-refractivity contribution in [1.29, 1.82) is 5.26 Å². The van der Waals surface area contributed by atoms with Gasteiger partial charge < -0.3 is 4.74 Å². The van der Waals surface area contributed by atoms with E-state index in [1.807, 2.05) is 6.07 Å². The molecule has 0 atom stereocenters. The molecule has 0 saturated heterocycles. The van der Waals surface area contributed by atoms with Gasteiger partial charge in [-0.15, -0.1) is 0 Å². The smallest absolute Gasteiger partial charge is 0.183 e. The van der Waals surface area contributed by atoms with Crippen LogP contribution in [0.1, 0.15) is 5.69 Å². The molecule has 0 fully saturated rings. The molecule has 2 rings (SSSR count). The number of pyridine rings is 1. The van der Waals surface area contributed by atoms with Crippen LogP contribution in [-0.4, -0.2) is 4.98 Å². The molecule has 0 aliphatic rings. The fourth-order valence-electron chi connectivity index (χ4n) is 1.19. The van der Waals surface area contributed by atoms with Gasteiger partial charge in [-0.2, -0.15) is 5.26 Å². The lowest BCUT2D eigenvalue weighted by Gasteiger charge is -2.05. The van der Waals surface area contributed by atoms with Crippen molar-refractivity contribution in [2.75, 3.05) is 0 Å². The molecule has 4 heteroatoms. The summed E-state index contributed by atoms with van der Waals surface area (Å²) in [6.07, 6.45) is 1.55. The van der Waals surface area contributed by atoms with Crippen molar-refractivity contribution in [1.82, 2.24) is 4.98 Å². The highest BCUT2D eigenvalue weighted by Gasteiger charge is 2.04. The zero-order chi connectivity index (χ0) is 11.4. The van der Waals surface area contributed by atoms with Gasteiger partial charge in [0.15, 0.2) is 11.4 Å². The standard InChI is InChI=1S/C12H7ClN2O/c13-9-3-5-10(6-4-9)16-12-2-1-7-15-11(12)8-14/h1-7H. The van der Waals surface area contributed by atoms with Crippen LogP contribution in [0.3, 0.4) is 0 Å². The highest BCUT2D eigenvalue weighted by molar-refractivity contribution is 6.30. The van der Waals surface area contributed by atoms with Gasteiger partial charge in [-0.25, -0.2) is 4.98 Å². The minimum Gasteiger partial charge on any atom is -0.454 e. The lowest BCUT2D eigenvalue weighted by Crippen LogP contribution is -1.90. The van der Waals surface area contributed by atoms with Gasteiger partial charge >= 0.3 is 0 Å². The van der Waals surface area contributed by atoms with Crippen molar-refractivity contribution in [3.63, 3.8) is 0 Å². The summed E-state index contributed by atoms with van der Waals surface area (Å²) in [5.74, 6) is 1.06. The largest absolute Gasteiger partial charge is 0.454 e. The third-order valence-electron chi connectivity index (χ3n) is 1.92. The van der Waals surface area contributed by atoms with E-state index in [1.54, 1.807) is 42.6 Å². The molecular formula is C12H7ClN2O. The van der Waals surface area contributed by atoms with Crippen LogP contribution in [-0.2, 0) is 0 Å². The predicted octanol–water partition coefficient (Wildman–Crippen LogP) is 3.40. The predicted molar refractivity (Wildman–Crippen MR) is 60.5 cm³/mol. The minimum atomic E-state index is 0.262. The number of ether oxygens (including phenoxy) is 1. The topological polar surface area (TPSA) is 45.9 Å². The number of rotatable bonds is 2. The molecule has 0 N–H and O–H groups in total. The second kappa shape index (κ2) is 4.65. The fraction of sp³-hybridized carbons (Fsp3) is 0. The van der Waals surface area contributed by atoms with Gasteiger partial charge in [0.25, 0.3) is 0 Å². The molecule has 0 aliphatic heterocycles. The molecule has 78 valence electrons. The summed E-state index contributed by atoms with van der Waals surface area (Å²) in [5.41, 5.74) is 0.262. The summed E-state index contributed by atoms with van der Waals surface area (Å²) in [7, 11) is 0. The highest BCUT2D eigenvalue weighted by atomic mass is 35.5. The lowest BCUT2D eigenvalue weighted by molar-refractivity contribution is 0.478. The zero-order valence-corrected chi connectivity index (χ0v) is 8.98. The van der Waals surface area contributed by atoms with Crippen LogP contribution in [0.5, 0.6) is 11.5 Å². The number of aromatic nitrogens is 1. The van der Waals surface area contributed by atoms with Crippen molar-refractivity contribution >= 4 is 11.6 Å². The maximum absolute atomic E-state index is 8.83. The van der Waals surface area contributed by atoms with Crippen molar-refractivity contribution in [3.8, 4) is 17.6 Å². The van der Waals surface area contributed by atoms with E-state index in [4.69, 9.17) is 21.6 Å². The maximum atomic E-state index is 8.83. The monoisotopic (exact) mass is 230 g/mol. The van der Waals surface area contributed by atoms with Crippen molar-refractivity contribution in [2.45, 2.75) is 0 Å². The first-order valence-corrected chi connectivity index (χ1v) is 4.96. The number of benzene rings is 1. The first-order valence-electron chi connectivity index (χ1n) is 4.58.